The number of methoxy groups -OCH3 is 1. The SMILES string of the molecule is COC(=O)CCS(=O)(=O)N1CCCC(C(=O)O)C1. The summed E-state index contributed by atoms with van der Waals surface area (Å²) in [5.74, 6) is -2.58. The number of piperidine rings is 1. The molecule has 1 saturated heterocycles. The van der Waals surface area contributed by atoms with Crippen LogP contribution in [0.1, 0.15) is 19.3 Å². The van der Waals surface area contributed by atoms with Crippen LogP contribution in [0.15, 0.2) is 0 Å². The molecule has 0 radical (unpaired) electrons. The molecule has 1 aliphatic heterocycles. The van der Waals surface area contributed by atoms with Crippen molar-refractivity contribution in [2.45, 2.75) is 19.3 Å². The average Bonchev–Trinajstić information content (AvgIpc) is 2.36. The van der Waals surface area contributed by atoms with Gasteiger partial charge in [-0.15, -0.1) is 0 Å². The lowest BCUT2D eigenvalue weighted by molar-refractivity contribution is -0.143. The maximum Gasteiger partial charge on any atom is 0.307 e. The number of rotatable bonds is 5. The molecule has 0 aromatic carbocycles. The van der Waals surface area contributed by atoms with Crippen LogP contribution in [-0.4, -0.2) is 55.7 Å². The lowest BCUT2D eigenvalue weighted by atomic mass is 10.0. The summed E-state index contributed by atoms with van der Waals surface area (Å²) in [4.78, 5) is 21.8. The molecule has 18 heavy (non-hydrogen) atoms. The van der Waals surface area contributed by atoms with Crippen LogP contribution in [0.5, 0.6) is 0 Å². The predicted molar refractivity (Wildman–Crippen MR) is 62.4 cm³/mol. The van der Waals surface area contributed by atoms with Gasteiger partial charge in [-0.05, 0) is 12.8 Å². The van der Waals surface area contributed by atoms with E-state index in [4.69, 9.17) is 5.11 Å². The Labute approximate surface area is 106 Å². The summed E-state index contributed by atoms with van der Waals surface area (Å²) >= 11 is 0. The van der Waals surface area contributed by atoms with Crippen molar-refractivity contribution in [2.24, 2.45) is 5.92 Å². The average molecular weight is 279 g/mol. The highest BCUT2D eigenvalue weighted by molar-refractivity contribution is 7.89. The first-order chi connectivity index (χ1) is 8.36. The Morgan fingerprint density at radius 3 is 2.67 bits per heavy atom. The molecule has 0 bridgehead atoms. The Morgan fingerprint density at radius 2 is 2.11 bits per heavy atom. The number of aliphatic carboxylic acids is 1. The number of hydrogen-bond donors (Lipinski definition) is 1. The van der Waals surface area contributed by atoms with Gasteiger partial charge in [0, 0.05) is 13.1 Å². The van der Waals surface area contributed by atoms with E-state index in [-0.39, 0.29) is 18.7 Å². The molecule has 1 heterocycles. The Kier molecular flexibility index (Phi) is 5.09. The molecule has 0 aromatic heterocycles. The van der Waals surface area contributed by atoms with Gasteiger partial charge >= 0.3 is 11.9 Å². The first-order valence-corrected chi connectivity index (χ1v) is 7.25. The normalized spacial score (nSPS) is 21.5. The number of nitrogens with zero attached hydrogens (tertiary/aromatic N) is 1. The summed E-state index contributed by atoms with van der Waals surface area (Å²) in [5.41, 5.74) is 0. The van der Waals surface area contributed by atoms with Gasteiger partial charge in [-0.2, -0.15) is 0 Å². The fourth-order valence-electron chi connectivity index (χ4n) is 1.84. The topological polar surface area (TPSA) is 101 Å². The van der Waals surface area contributed by atoms with E-state index in [0.29, 0.717) is 19.4 Å². The lowest BCUT2D eigenvalue weighted by Gasteiger charge is -2.29. The van der Waals surface area contributed by atoms with Crippen molar-refractivity contribution >= 4 is 22.0 Å². The number of esters is 1. The van der Waals surface area contributed by atoms with E-state index in [1.54, 1.807) is 0 Å². The molecule has 8 heteroatoms. The molecule has 1 unspecified atom stereocenters. The molecule has 1 fully saturated rings. The fraction of sp³-hybridized carbons (Fsp3) is 0.800. The van der Waals surface area contributed by atoms with Crippen LogP contribution in [-0.2, 0) is 24.3 Å². The van der Waals surface area contributed by atoms with Gasteiger partial charge in [-0.3, -0.25) is 9.59 Å². The molecule has 7 nitrogen and oxygen atoms in total. The number of ether oxygens (including phenoxy) is 1. The molecule has 0 aliphatic carbocycles. The van der Waals surface area contributed by atoms with Crippen LogP contribution in [0, 0.1) is 5.92 Å². The largest absolute Gasteiger partial charge is 0.481 e. The minimum Gasteiger partial charge on any atom is -0.481 e. The summed E-state index contributed by atoms with van der Waals surface area (Å²) in [7, 11) is -2.39. The second-order valence-electron chi connectivity index (χ2n) is 4.18. The molecular formula is C10H17NO6S. The number of sulfonamides is 1. The number of carboxylic acids is 1. The third kappa shape index (κ3) is 3.95. The van der Waals surface area contributed by atoms with Crippen LogP contribution >= 0.6 is 0 Å². The molecule has 1 rings (SSSR count). The van der Waals surface area contributed by atoms with Crippen LogP contribution in [0.4, 0.5) is 0 Å². The molecule has 1 aliphatic rings. The van der Waals surface area contributed by atoms with Crippen LogP contribution < -0.4 is 0 Å². The molecular weight excluding hydrogens is 262 g/mol. The van der Waals surface area contributed by atoms with Crippen molar-refractivity contribution in [3.05, 3.63) is 0 Å². The first kappa shape index (κ1) is 14.9. The van der Waals surface area contributed by atoms with Gasteiger partial charge in [0.05, 0.1) is 25.2 Å². The van der Waals surface area contributed by atoms with Gasteiger partial charge in [-0.1, -0.05) is 0 Å². The molecule has 104 valence electrons. The Hall–Kier alpha value is -1.15. The number of hydrogen-bond acceptors (Lipinski definition) is 5. The Bertz CT molecular complexity index is 418. The van der Waals surface area contributed by atoms with Crippen molar-refractivity contribution in [3.8, 4) is 0 Å². The zero-order valence-electron chi connectivity index (χ0n) is 10.2. The quantitative estimate of drug-likeness (QED) is 0.692. The summed E-state index contributed by atoms with van der Waals surface area (Å²) in [6.07, 6.45) is 0.792. The highest BCUT2D eigenvalue weighted by Crippen LogP contribution is 2.20. The van der Waals surface area contributed by atoms with Gasteiger partial charge < -0.3 is 9.84 Å². The zero-order valence-corrected chi connectivity index (χ0v) is 11.0. The Morgan fingerprint density at radius 1 is 1.44 bits per heavy atom. The third-order valence-electron chi connectivity index (χ3n) is 2.92. The van der Waals surface area contributed by atoms with Crippen molar-refractivity contribution in [1.82, 2.24) is 4.31 Å². The minimum absolute atomic E-state index is 0.0150. The highest BCUT2D eigenvalue weighted by Gasteiger charge is 2.32. The summed E-state index contributed by atoms with van der Waals surface area (Å²) in [5, 5.41) is 8.88. The van der Waals surface area contributed by atoms with Gasteiger partial charge in [-0.25, -0.2) is 12.7 Å². The summed E-state index contributed by atoms with van der Waals surface area (Å²) in [6.45, 7) is 0.298. The second kappa shape index (κ2) is 6.14. The number of carboxylic acid groups (broad SMARTS) is 1. The third-order valence-corrected chi connectivity index (χ3v) is 4.76. The molecule has 0 spiro atoms. The molecule has 0 aromatic rings. The van der Waals surface area contributed by atoms with Crippen LogP contribution in [0.2, 0.25) is 0 Å². The van der Waals surface area contributed by atoms with Crippen LogP contribution in [0.25, 0.3) is 0 Å². The fourth-order valence-corrected chi connectivity index (χ4v) is 3.34. The van der Waals surface area contributed by atoms with E-state index >= 15 is 0 Å². The van der Waals surface area contributed by atoms with E-state index in [2.05, 4.69) is 4.74 Å². The summed E-state index contributed by atoms with van der Waals surface area (Å²) in [6, 6.07) is 0. The minimum atomic E-state index is -3.59. The molecule has 1 atom stereocenters. The monoisotopic (exact) mass is 279 g/mol. The second-order valence-corrected chi connectivity index (χ2v) is 6.27. The van der Waals surface area contributed by atoms with E-state index in [9.17, 15) is 18.0 Å². The van der Waals surface area contributed by atoms with Crippen molar-refractivity contribution in [2.75, 3.05) is 26.0 Å². The van der Waals surface area contributed by atoms with Crippen LogP contribution in [0.3, 0.4) is 0 Å². The predicted octanol–water partition coefficient (Wildman–Crippen LogP) is -0.324. The molecule has 1 N–H and O–H groups in total. The summed E-state index contributed by atoms with van der Waals surface area (Å²) < 4.78 is 29.3. The zero-order chi connectivity index (χ0) is 13.8. The van der Waals surface area contributed by atoms with Gasteiger partial charge in [0.15, 0.2) is 0 Å². The van der Waals surface area contributed by atoms with E-state index in [1.165, 1.54) is 7.11 Å². The van der Waals surface area contributed by atoms with Crippen molar-refractivity contribution < 1.29 is 27.9 Å². The van der Waals surface area contributed by atoms with Crippen molar-refractivity contribution in [1.29, 1.82) is 0 Å². The van der Waals surface area contributed by atoms with Gasteiger partial charge in [0.25, 0.3) is 0 Å². The van der Waals surface area contributed by atoms with Gasteiger partial charge in [0.2, 0.25) is 10.0 Å². The van der Waals surface area contributed by atoms with E-state index in [1.807, 2.05) is 0 Å². The number of carbonyl (C=O) groups excluding carboxylic acids is 1. The maximum atomic E-state index is 11.9. The lowest BCUT2D eigenvalue weighted by Crippen LogP contribution is -2.43. The standard InChI is InChI=1S/C10H17NO6S/c1-17-9(12)4-6-18(15,16)11-5-2-3-8(7-11)10(13)14/h8H,2-7H2,1H3,(H,13,14). The van der Waals surface area contributed by atoms with E-state index < -0.39 is 27.9 Å². The van der Waals surface area contributed by atoms with Gasteiger partial charge in [0.1, 0.15) is 0 Å². The Balaban J connectivity index is 2.61. The first-order valence-electron chi connectivity index (χ1n) is 5.64. The molecule has 0 saturated carbocycles. The van der Waals surface area contributed by atoms with E-state index in [0.717, 1.165) is 4.31 Å². The smallest absolute Gasteiger partial charge is 0.307 e. The maximum absolute atomic E-state index is 11.9. The number of carbonyl (C=O) groups is 2. The molecule has 0 amide bonds. The highest BCUT2D eigenvalue weighted by atomic mass is 32.2. The van der Waals surface area contributed by atoms with Crippen molar-refractivity contribution in [3.63, 3.8) is 0 Å².